The van der Waals surface area contributed by atoms with Gasteiger partial charge in [0.2, 0.25) is 0 Å². The molecule has 0 spiro atoms. The molecule has 3 N–H and O–H groups in total. The van der Waals surface area contributed by atoms with Gasteiger partial charge in [-0.25, -0.2) is 9.97 Å². The highest BCUT2D eigenvalue weighted by Gasteiger charge is 2.14. The minimum atomic E-state index is 0.00722. The lowest BCUT2D eigenvalue weighted by atomic mass is 9.95. The van der Waals surface area contributed by atoms with Crippen LogP contribution in [0.5, 0.6) is 0 Å². The van der Waals surface area contributed by atoms with Crippen molar-refractivity contribution in [2.24, 2.45) is 5.84 Å². The summed E-state index contributed by atoms with van der Waals surface area (Å²) in [6, 6.07) is 8.21. The fourth-order valence-corrected chi connectivity index (χ4v) is 2.13. The lowest BCUT2D eigenvalue weighted by Gasteiger charge is -2.18. The van der Waals surface area contributed by atoms with E-state index < -0.39 is 0 Å². The van der Waals surface area contributed by atoms with Gasteiger partial charge in [-0.2, -0.15) is 0 Å². The summed E-state index contributed by atoms with van der Waals surface area (Å²) in [6.45, 7) is 4.24. The minimum Gasteiger partial charge on any atom is -0.271 e. The number of hydrogen-bond donors (Lipinski definition) is 2. The zero-order valence-corrected chi connectivity index (χ0v) is 10.7. The Morgan fingerprint density at radius 3 is 2.50 bits per heavy atom. The molecule has 0 amide bonds. The Kier molecular flexibility index (Phi) is 4.02. The molecule has 94 valence electrons. The van der Waals surface area contributed by atoms with Gasteiger partial charge >= 0.3 is 0 Å². The molecular formula is C14H18N4. The zero-order chi connectivity index (χ0) is 13.0. The maximum absolute atomic E-state index is 5.64. The number of nitrogens with two attached hydrogens (primary N) is 1. The molecule has 18 heavy (non-hydrogen) atoms. The lowest BCUT2D eigenvalue weighted by molar-refractivity contribution is 0.535. The van der Waals surface area contributed by atoms with Gasteiger partial charge in [-0.1, -0.05) is 18.2 Å². The molecule has 0 aliphatic heterocycles. The van der Waals surface area contributed by atoms with Crippen LogP contribution in [0.25, 0.3) is 0 Å². The molecule has 0 aliphatic rings. The minimum absolute atomic E-state index is 0.00722. The maximum Gasteiger partial charge on any atom is 0.115 e. The van der Waals surface area contributed by atoms with Gasteiger partial charge in [0.1, 0.15) is 6.33 Å². The molecule has 0 aliphatic carbocycles. The Morgan fingerprint density at radius 1 is 1.22 bits per heavy atom. The molecule has 1 unspecified atom stereocenters. The molecule has 1 heterocycles. The van der Waals surface area contributed by atoms with Gasteiger partial charge < -0.3 is 0 Å². The third kappa shape index (κ3) is 2.72. The van der Waals surface area contributed by atoms with Crippen LogP contribution in [-0.2, 0) is 6.42 Å². The molecule has 0 bridgehead atoms. The monoisotopic (exact) mass is 242 g/mol. The van der Waals surface area contributed by atoms with Gasteiger partial charge in [-0.05, 0) is 43.0 Å². The van der Waals surface area contributed by atoms with Crippen LogP contribution in [0.1, 0.15) is 28.4 Å². The van der Waals surface area contributed by atoms with E-state index in [0.717, 1.165) is 12.1 Å². The molecular weight excluding hydrogens is 224 g/mol. The average Bonchev–Trinajstić information content (AvgIpc) is 2.40. The van der Waals surface area contributed by atoms with Crippen LogP contribution in [0.3, 0.4) is 0 Å². The van der Waals surface area contributed by atoms with Crippen molar-refractivity contribution in [3.05, 3.63) is 59.2 Å². The quantitative estimate of drug-likeness (QED) is 0.634. The molecule has 1 aromatic carbocycles. The van der Waals surface area contributed by atoms with E-state index in [2.05, 4.69) is 47.4 Å². The fraction of sp³-hybridized carbons (Fsp3) is 0.286. The second-order valence-corrected chi connectivity index (χ2v) is 4.43. The summed E-state index contributed by atoms with van der Waals surface area (Å²) in [5.74, 6) is 5.64. The summed E-state index contributed by atoms with van der Waals surface area (Å²) in [5, 5.41) is 0. The number of aryl methyl sites for hydroxylation is 2. The third-order valence-corrected chi connectivity index (χ3v) is 3.22. The Bertz CT molecular complexity index is 490. The number of rotatable bonds is 4. The third-order valence-electron chi connectivity index (χ3n) is 3.22. The number of aromatic nitrogens is 2. The van der Waals surface area contributed by atoms with Crippen molar-refractivity contribution in [2.45, 2.75) is 26.3 Å². The van der Waals surface area contributed by atoms with Crippen LogP contribution < -0.4 is 11.3 Å². The summed E-state index contributed by atoms with van der Waals surface area (Å²) in [6.07, 6.45) is 4.10. The number of nitrogens with zero attached hydrogens (tertiary/aromatic N) is 2. The summed E-state index contributed by atoms with van der Waals surface area (Å²) in [4.78, 5) is 8.18. The topological polar surface area (TPSA) is 63.8 Å². The van der Waals surface area contributed by atoms with Gasteiger partial charge in [-0.15, -0.1) is 0 Å². The molecule has 1 aromatic heterocycles. The van der Waals surface area contributed by atoms with Gasteiger partial charge in [0.05, 0.1) is 11.7 Å². The van der Waals surface area contributed by atoms with Crippen LogP contribution in [0.4, 0.5) is 0 Å². The van der Waals surface area contributed by atoms with E-state index in [1.165, 1.54) is 16.7 Å². The summed E-state index contributed by atoms with van der Waals surface area (Å²) in [5.41, 5.74) is 7.63. The van der Waals surface area contributed by atoms with Gasteiger partial charge in [0, 0.05) is 6.20 Å². The van der Waals surface area contributed by atoms with Gasteiger partial charge in [0.25, 0.3) is 0 Å². The number of nitrogens with one attached hydrogen (secondary N) is 1. The van der Waals surface area contributed by atoms with E-state index >= 15 is 0 Å². The number of hydrazine groups is 1. The first-order valence-electron chi connectivity index (χ1n) is 5.99. The highest BCUT2D eigenvalue weighted by atomic mass is 15.2. The second kappa shape index (κ2) is 5.71. The maximum atomic E-state index is 5.64. The van der Waals surface area contributed by atoms with Gasteiger partial charge in [-0.3, -0.25) is 11.3 Å². The van der Waals surface area contributed by atoms with E-state index in [-0.39, 0.29) is 6.04 Å². The first kappa shape index (κ1) is 12.7. The second-order valence-electron chi connectivity index (χ2n) is 4.43. The molecule has 4 nitrogen and oxygen atoms in total. The number of benzene rings is 1. The highest BCUT2D eigenvalue weighted by Crippen LogP contribution is 2.21. The highest BCUT2D eigenvalue weighted by molar-refractivity contribution is 5.34. The predicted molar refractivity (Wildman–Crippen MR) is 71.7 cm³/mol. The van der Waals surface area contributed by atoms with Crippen LogP contribution in [0.15, 0.2) is 36.8 Å². The Balaban J connectivity index is 2.26. The lowest BCUT2D eigenvalue weighted by Crippen LogP contribution is -2.30. The normalized spacial score (nSPS) is 12.4. The van der Waals surface area contributed by atoms with Crippen molar-refractivity contribution in [1.29, 1.82) is 0 Å². The van der Waals surface area contributed by atoms with Crippen molar-refractivity contribution in [3.8, 4) is 0 Å². The Morgan fingerprint density at radius 2 is 1.94 bits per heavy atom. The molecule has 0 radical (unpaired) electrons. The Labute approximate surface area is 107 Å². The molecule has 2 rings (SSSR count). The predicted octanol–water partition coefficient (Wildman–Crippen LogP) is 1.84. The zero-order valence-electron chi connectivity index (χ0n) is 10.7. The van der Waals surface area contributed by atoms with Crippen molar-refractivity contribution >= 4 is 0 Å². The largest absolute Gasteiger partial charge is 0.271 e. The van der Waals surface area contributed by atoms with Crippen LogP contribution in [0, 0.1) is 13.8 Å². The first-order chi connectivity index (χ1) is 8.72. The smallest absolute Gasteiger partial charge is 0.115 e. The molecule has 0 fully saturated rings. The van der Waals surface area contributed by atoms with Crippen LogP contribution >= 0.6 is 0 Å². The van der Waals surface area contributed by atoms with Crippen molar-refractivity contribution < 1.29 is 0 Å². The summed E-state index contributed by atoms with van der Waals surface area (Å²) >= 11 is 0. The number of hydrogen-bond acceptors (Lipinski definition) is 4. The van der Waals surface area contributed by atoms with Crippen LogP contribution in [0.2, 0.25) is 0 Å². The average molecular weight is 242 g/mol. The molecule has 4 heteroatoms. The first-order valence-corrected chi connectivity index (χ1v) is 5.99. The summed E-state index contributed by atoms with van der Waals surface area (Å²) < 4.78 is 0. The van der Waals surface area contributed by atoms with Crippen LogP contribution in [-0.4, -0.2) is 9.97 Å². The van der Waals surface area contributed by atoms with E-state index in [4.69, 9.17) is 5.84 Å². The Hall–Kier alpha value is -1.78. The SMILES string of the molecule is Cc1cccc(C)c1CC(NN)c1ccncn1. The van der Waals surface area contributed by atoms with Gasteiger partial charge in [0.15, 0.2) is 0 Å². The standard InChI is InChI=1S/C14H18N4/c1-10-4-3-5-11(2)12(10)8-14(18-15)13-6-7-16-9-17-13/h3-7,9,14,18H,8,15H2,1-2H3. The summed E-state index contributed by atoms with van der Waals surface area (Å²) in [7, 11) is 0. The van der Waals surface area contributed by atoms with E-state index in [9.17, 15) is 0 Å². The van der Waals surface area contributed by atoms with Crippen molar-refractivity contribution in [3.63, 3.8) is 0 Å². The van der Waals surface area contributed by atoms with E-state index in [1.54, 1.807) is 12.5 Å². The molecule has 1 atom stereocenters. The molecule has 2 aromatic rings. The van der Waals surface area contributed by atoms with E-state index in [0.29, 0.717) is 0 Å². The van der Waals surface area contributed by atoms with Crippen molar-refractivity contribution in [1.82, 2.24) is 15.4 Å². The van der Waals surface area contributed by atoms with Crippen molar-refractivity contribution in [2.75, 3.05) is 0 Å². The molecule has 0 saturated carbocycles. The van der Waals surface area contributed by atoms with E-state index in [1.807, 2.05) is 6.07 Å². The fourth-order valence-electron chi connectivity index (χ4n) is 2.13. The molecule has 0 saturated heterocycles.